The Bertz CT molecular complexity index is 236. The van der Waals surface area contributed by atoms with Crippen LogP contribution in [0.1, 0.15) is 0 Å². The second-order valence-corrected chi connectivity index (χ2v) is 2.89. The fourth-order valence-electron chi connectivity index (χ4n) is 1.06. The van der Waals surface area contributed by atoms with Crippen molar-refractivity contribution < 1.29 is 14.2 Å². The molecule has 0 fully saturated rings. The molecule has 0 aromatic heterocycles. The second kappa shape index (κ2) is 8.26. The second-order valence-electron chi connectivity index (χ2n) is 2.89. The van der Waals surface area contributed by atoms with Gasteiger partial charge in [-0.1, -0.05) is 18.2 Å². The van der Waals surface area contributed by atoms with Gasteiger partial charge in [0.1, 0.15) is 12.4 Å². The molecule has 0 amide bonds. The van der Waals surface area contributed by atoms with Crippen molar-refractivity contribution in [3.05, 3.63) is 37.3 Å². The molecular weight excluding hydrogens is 192 g/mol. The molecular formula is C12H17O3. The zero-order valence-electron chi connectivity index (χ0n) is 8.85. The smallest absolute Gasteiger partial charge is 0.119 e. The van der Waals surface area contributed by atoms with E-state index in [-0.39, 0.29) is 0 Å². The highest BCUT2D eigenvalue weighted by Gasteiger charge is 1.91. The molecule has 0 aliphatic heterocycles. The summed E-state index contributed by atoms with van der Waals surface area (Å²) in [5.41, 5.74) is 0. The van der Waals surface area contributed by atoms with Crippen LogP contribution in [0.5, 0.6) is 5.75 Å². The Labute approximate surface area is 91.0 Å². The van der Waals surface area contributed by atoms with Gasteiger partial charge in [-0.3, -0.25) is 0 Å². The third-order valence-electron chi connectivity index (χ3n) is 1.76. The fraction of sp³-hybridized carbons (Fsp3) is 0.417. The number of rotatable bonds is 8. The maximum absolute atomic E-state index is 5.43. The average Bonchev–Trinajstić information content (AvgIpc) is 2.29. The summed E-state index contributed by atoms with van der Waals surface area (Å²) in [7, 11) is 0. The number of ether oxygens (including phenoxy) is 3. The summed E-state index contributed by atoms with van der Waals surface area (Å²) in [6.45, 7) is 6.37. The van der Waals surface area contributed by atoms with Crippen molar-refractivity contribution in [2.24, 2.45) is 0 Å². The summed E-state index contributed by atoms with van der Waals surface area (Å²) in [6.07, 6.45) is 0. The van der Waals surface area contributed by atoms with E-state index in [2.05, 4.69) is 6.92 Å². The predicted octanol–water partition coefficient (Wildman–Crippen LogP) is 1.93. The number of para-hydroxylation sites is 1. The number of hydrogen-bond acceptors (Lipinski definition) is 3. The Morgan fingerprint density at radius 1 is 0.867 bits per heavy atom. The molecule has 1 rings (SSSR count). The van der Waals surface area contributed by atoms with Gasteiger partial charge in [-0.25, -0.2) is 0 Å². The molecule has 0 bridgehead atoms. The molecule has 0 unspecified atom stereocenters. The summed E-state index contributed by atoms with van der Waals surface area (Å²) in [4.78, 5) is 0. The van der Waals surface area contributed by atoms with Crippen molar-refractivity contribution in [2.75, 3.05) is 33.0 Å². The molecule has 1 radical (unpaired) electrons. The third kappa shape index (κ3) is 6.10. The summed E-state index contributed by atoms with van der Waals surface area (Å²) >= 11 is 0. The Morgan fingerprint density at radius 2 is 1.53 bits per heavy atom. The Kier molecular flexibility index (Phi) is 6.62. The lowest BCUT2D eigenvalue weighted by atomic mass is 10.3. The molecule has 3 heteroatoms. The molecule has 1 aromatic rings. The van der Waals surface area contributed by atoms with Crippen molar-refractivity contribution in [1.82, 2.24) is 0 Å². The summed E-state index contributed by atoms with van der Waals surface area (Å²) < 4.78 is 15.7. The van der Waals surface area contributed by atoms with Gasteiger partial charge in [-0.2, -0.15) is 0 Å². The maximum atomic E-state index is 5.43. The molecule has 0 atom stereocenters. The first kappa shape index (κ1) is 12.0. The van der Waals surface area contributed by atoms with Crippen LogP contribution < -0.4 is 4.74 Å². The van der Waals surface area contributed by atoms with E-state index in [1.54, 1.807) is 0 Å². The van der Waals surface area contributed by atoms with Gasteiger partial charge in [-0.05, 0) is 19.1 Å². The van der Waals surface area contributed by atoms with E-state index in [1.807, 2.05) is 30.3 Å². The molecule has 0 aliphatic rings. The van der Waals surface area contributed by atoms with Crippen LogP contribution in [0.25, 0.3) is 0 Å². The molecule has 0 heterocycles. The summed E-state index contributed by atoms with van der Waals surface area (Å²) in [6, 6.07) is 9.69. The van der Waals surface area contributed by atoms with Crippen LogP contribution in [0.2, 0.25) is 0 Å². The van der Waals surface area contributed by atoms with Gasteiger partial charge in [0.05, 0.1) is 19.8 Å². The molecule has 0 aliphatic carbocycles. The highest BCUT2D eigenvalue weighted by atomic mass is 16.5. The molecule has 1 aromatic carbocycles. The minimum absolute atomic E-state index is 0.490. The van der Waals surface area contributed by atoms with E-state index >= 15 is 0 Å². The SMILES string of the molecule is [CH2]COCCOCCOc1ccccc1. The quantitative estimate of drug-likeness (QED) is 0.612. The van der Waals surface area contributed by atoms with E-state index < -0.39 is 0 Å². The lowest BCUT2D eigenvalue weighted by Crippen LogP contribution is -2.10. The van der Waals surface area contributed by atoms with Crippen LogP contribution in [0, 0.1) is 6.92 Å². The zero-order valence-corrected chi connectivity index (χ0v) is 8.85. The molecule has 83 valence electrons. The lowest BCUT2D eigenvalue weighted by Gasteiger charge is -2.06. The molecule has 0 saturated heterocycles. The molecule has 0 N–H and O–H groups in total. The largest absolute Gasteiger partial charge is 0.491 e. The van der Waals surface area contributed by atoms with Crippen LogP contribution in [-0.4, -0.2) is 33.0 Å². The summed E-state index contributed by atoms with van der Waals surface area (Å²) in [5.74, 6) is 0.870. The minimum Gasteiger partial charge on any atom is -0.491 e. The topological polar surface area (TPSA) is 27.7 Å². The highest BCUT2D eigenvalue weighted by molar-refractivity contribution is 5.20. The highest BCUT2D eigenvalue weighted by Crippen LogP contribution is 2.07. The van der Waals surface area contributed by atoms with Crippen molar-refractivity contribution in [2.45, 2.75) is 0 Å². The van der Waals surface area contributed by atoms with Crippen molar-refractivity contribution in [3.8, 4) is 5.75 Å². The first-order valence-electron chi connectivity index (χ1n) is 5.06. The van der Waals surface area contributed by atoms with E-state index in [0.29, 0.717) is 33.0 Å². The lowest BCUT2D eigenvalue weighted by molar-refractivity contribution is 0.0445. The summed E-state index contributed by atoms with van der Waals surface area (Å²) in [5, 5.41) is 0. The van der Waals surface area contributed by atoms with E-state index in [4.69, 9.17) is 14.2 Å². The average molecular weight is 209 g/mol. The van der Waals surface area contributed by atoms with Crippen LogP contribution in [0.3, 0.4) is 0 Å². The van der Waals surface area contributed by atoms with E-state index in [1.165, 1.54) is 0 Å². The van der Waals surface area contributed by atoms with Crippen LogP contribution in [0.4, 0.5) is 0 Å². The molecule has 0 spiro atoms. The van der Waals surface area contributed by atoms with Gasteiger partial charge in [0.2, 0.25) is 0 Å². The van der Waals surface area contributed by atoms with Crippen molar-refractivity contribution in [1.29, 1.82) is 0 Å². The van der Waals surface area contributed by atoms with Gasteiger partial charge in [0.15, 0.2) is 0 Å². The first-order valence-corrected chi connectivity index (χ1v) is 5.06. The molecule has 0 saturated carbocycles. The van der Waals surface area contributed by atoms with Gasteiger partial charge < -0.3 is 14.2 Å². The minimum atomic E-state index is 0.490. The maximum Gasteiger partial charge on any atom is 0.119 e. The zero-order chi connectivity index (χ0) is 10.8. The molecule has 3 nitrogen and oxygen atoms in total. The van der Waals surface area contributed by atoms with E-state index in [0.717, 1.165) is 5.75 Å². The van der Waals surface area contributed by atoms with Gasteiger partial charge in [0, 0.05) is 6.61 Å². The van der Waals surface area contributed by atoms with E-state index in [9.17, 15) is 0 Å². The van der Waals surface area contributed by atoms with Crippen molar-refractivity contribution >= 4 is 0 Å². The Balaban J connectivity index is 1.93. The van der Waals surface area contributed by atoms with Gasteiger partial charge >= 0.3 is 0 Å². The Hall–Kier alpha value is -1.06. The van der Waals surface area contributed by atoms with Gasteiger partial charge in [0.25, 0.3) is 0 Å². The van der Waals surface area contributed by atoms with Gasteiger partial charge in [-0.15, -0.1) is 0 Å². The predicted molar refractivity (Wildman–Crippen MR) is 58.9 cm³/mol. The first-order chi connectivity index (χ1) is 7.43. The standard InChI is InChI=1S/C12H17O3/c1-2-13-8-9-14-10-11-15-12-6-4-3-5-7-12/h3-7H,1-2,8-11H2. The molecule has 15 heavy (non-hydrogen) atoms. The van der Waals surface area contributed by atoms with Crippen LogP contribution >= 0.6 is 0 Å². The van der Waals surface area contributed by atoms with Crippen molar-refractivity contribution in [3.63, 3.8) is 0 Å². The fourth-order valence-corrected chi connectivity index (χ4v) is 1.06. The Morgan fingerprint density at radius 3 is 2.27 bits per heavy atom. The third-order valence-corrected chi connectivity index (χ3v) is 1.76. The normalized spacial score (nSPS) is 10.2. The monoisotopic (exact) mass is 209 g/mol. The van der Waals surface area contributed by atoms with Crippen LogP contribution in [0.15, 0.2) is 30.3 Å². The number of benzene rings is 1. The van der Waals surface area contributed by atoms with Crippen LogP contribution in [-0.2, 0) is 9.47 Å². The number of hydrogen-bond donors (Lipinski definition) is 0.